The summed E-state index contributed by atoms with van der Waals surface area (Å²) in [5.74, 6) is 0. The fraction of sp³-hybridized carbons (Fsp3) is 0.556. The Labute approximate surface area is 137 Å². The van der Waals surface area contributed by atoms with E-state index < -0.39 is 17.7 Å². The molecule has 0 bridgehead atoms. The average molecular weight is 316 g/mol. The first-order valence-electron chi connectivity index (χ1n) is 7.93. The molecule has 0 N–H and O–H groups in total. The Balaban J connectivity index is 1.94. The van der Waals surface area contributed by atoms with Crippen LogP contribution < -0.4 is 0 Å². The summed E-state index contributed by atoms with van der Waals surface area (Å²) in [7, 11) is 0. The van der Waals surface area contributed by atoms with Crippen molar-refractivity contribution >= 4 is 6.09 Å². The fourth-order valence-electron chi connectivity index (χ4n) is 2.65. The van der Waals surface area contributed by atoms with E-state index in [9.17, 15) is 10.1 Å². The van der Waals surface area contributed by atoms with Crippen molar-refractivity contribution in [3.63, 3.8) is 0 Å². The van der Waals surface area contributed by atoms with Gasteiger partial charge in [-0.25, -0.2) is 4.79 Å². The van der Waals surface area contributed by atoms with E-state index in [0.717, 1.165) is 12.0 Å². The monoisotopic (exact) mass is 316 g/mol. The summed E-state index contributed by atoms with van der Waals surface area (Å²) in [6, 6.07) is 11.5. The Kier molecular flexibility index (Phi) is 5.62. The molecule has 0 aromatic heterocycles. The van der Waals surface area contributed by atoms with E-state index in [1.165, 1.54) is 4.90 Å². The number of rotatable bonds is 4. The van der Waals surface area contributed by atoms with Crippen molar-refractivity contribution in [1.29, 1.82) is 5.26 Å². The van der Waals surface area contributed by atoms with Crippen molar-refractivity contribution < 1.29 is 14.3 Å². The molecule has 0 saturated carbocycles. The summed E-state index contributed by atoms with van der Waals surface area (Å²) < 4.78 is 11.2. The molecule has 5 nitrogen and oxygen atoms in total. The van der Waals surface area contributed by atoms with Crippen LogP contribution in [0.15, 0.2) is 30.3 Å². The lowest BCUT2D eigenvalue weighted by Gasteiger charge is -2.30. The first-order valence-corrected chi connectivity index (χ1v) is 7.93. The van der Waals surface area contributed by atoms with Gasteiger partial charge >= 0.3 is 6.09 Å². The molecule has 1 aromatic rings. The van der Waals surface area contributed by atoms with E-state index in [-0.39, 0.29) is 6.04 Å². The number of carbonyl (C=O) groups is 1. The van der Waals surface area contributed by atoms with E-state index in [4.69, 9.17) is 9.47 Å². The Morgan fingerprint density at radius 3 is 2.61 bits per heavy atom. The average Bonchev–Trinajstić information content (AvgIpc) is 2.90. The lowest BCUT2D eigenvalue weighted by Crippen LogP contribution is -2.45. The number of amides is 1. The summed E-state index contributed by atoms with van der Waals surface area (Å²) >= 11 is 0. The van der Waals surface area contributed by atoms with Crippen molar-refractivity contribution in [2.24, 2.45) is 0 Å². The van der Waals surface area contributed by atoms with Gasteiger partial charge in [-0.1, -0.05) is 30.3 Å². The van der Waals surface area contributed by atoms with E-state index in [1.807, 2.05) is 51.1 Å². The standard InChI is InChI=1S/C18H24N2O3/c1-18(2,3)23-17(21)20-15(11-19)9-10-16(20)13-22-12-14-7-5-4-6-8-14/h4-8,15-16H,9-10,12-13H2,1-3H3/t15-,16+/m1/s1. The summed E-state index contributed by atoms with van der Waals surface area (Å²) in [5.41, 5.74) is 0.515. The maximum atomic E-state index is 12.4. The number of hydrogen-bond acceptors (Lipinski definition) is 4. The highest BCUT2D eigenvalue weighted by Gasteiger charge is 2.39. The summed E-state index contributed by atoms with van der Waals surface area (Å²) in [4.78, 5) is 13.9. The summed E-state index contributed by atoms with van der Waals surface area (Å²) in [6.45, 7) is 6.37. The maximum absolute atomic E-state index is 12.4. The molecule has 2 rings (SSSR count). The van der Waals surface area contributed by atoms with Gasteiger partial charge in [-0.3, -0.25) is 4.90 Å². The van der Waals surface area contributed by atoms with Crippen LogP contribution in [0.25, 0.3) is 0 Å². The highest BCUT2D eigenvalue weighted by molar-refractivity contribution is 5.70. The molecule has 1 saturated heterocycles. The number of nitriles is 1. The molecule has 124 valence electrons. The van der Waals surface area contributed by atoms with Crippen LogP contribution in [0.4, 0.5) is 4.79 Å². The van der Waals surface area contributed by atoms with Gasteiger partial charge in [-0.2, -0.15) is 5.26 Å². The van der Waals surface area contributed by atoms with Crippen LogP contribution in [0.5, 0.6) is 0 Å². The van der Waals surface area contributed by atoms with Gasteiger partial charge in [0.05, 0.1) is 25.3 Å². The predicted molar refractivity (Wildman–Crippen MR) is 86.6 cm³/mol. The van der Waals surface area contributed by atoms with Crippen LogP contribution in [-0.2, 0) is 16.1 Å². The molecule has 1 heterocycles. The highest BCUT2D eigenvalue weighted by Crippen LogP contribution is 2.26. The molecule has 1 aliphatic heterocycles. The topological polar surface area (TPSA) is 62.6 Å². The Bertz CT molecular complexity index is 560. The second-order valence-corrected chi connectivity index (χ2v) is 6.76. The second-order valence-electron chi connectivity index (χ2n) is 6.76. The molecule has 1 fully saturated rings. The van der Waals surface area contributed by atoms with Gasteiger partial charge in [0.2, 0.25) is 0 Å². The van der Waals surface area contributed by atoms with Crippen molar-refractivity contribution in [3.8, 4) is 6.07 Å². The number of hydrogen-bond donors (Lipinski definition) is 0. The molecule has 1 aliphatic rings. The molecular weight excluding hydrogens is 292 g/mol. The second kappa shape index (κ2) is 7.47. The van der Waals surface area contributed by atoms with Crippen LogP contribution in [0, 0.1) is 11.3 Å². The molecule has 2 atom stereocenters. The molecule has 1 aromatic carbocycles. The van der Waals surface area contributed by atoms with Crippen LogP contribution in [0.2, 0.25) is 0 Å². The van der Waals surface area contributed by atoms with Gasteiger partial charge in [-0.05, 0) is 39.2 Å². The smallest absolute Gasteiger partial charge is 0.411 e. The number of ether oxygens (including phenoxy) is 2. The minimum Gasteiger partial charge on any atom is -0.444 e. The summed E-state index contributed by atoms with van der Waals surface area (Å²) in [5, 5.41) is 9.26. The molecule has 0 aliphatic carbocycles. The summed E-state index contributed by atoms with van der Waals surface area (Å²) in [6.07, 6.45) is 0.983. The normalized spacial score (nSPS) is 21.0. The molecule has 23 heavy (non-hydrogen) atoms. The van der Waals surface area contributed by atoms with Gasteiger partial charge in [0.25, 0.3) is 0 Å². The van der Waals surface area contributed by atoms with Crippen LogP contribution >= 0.6 is 0 Å². The molecular formula is C18H24N2O3. The first kappa shape index (κ1) is 17.3. The fourth-order valence-corrected chi connectivity index (χ4v) is 2.65. The van der Waals surface area contributed by atoms with Gasteiger partial charge < -0.3 is 9.47 Å². The van der Waals surface area contributed by atoms with Crippen LogP contribution in [-0.4, -0.2) is 35.3 Å². The number of likely N-dealkylation sites (tertiary alicyclic amines) is 1. The van der Waals surface area contributed by atoms with Gasteiger partial charge in [0.15, 0.2) is 0 Å². The molecule has 0 unspecified atom stereocenters. The number of carbonyl (C=O) groups excluding carboxylic acids is 1. The van der Waals surface area contributed by atoms with E-state index in [0.29, 0.717) is 19.6 Å². The zero-order chi connectivity index (χ0) is 16.9. The Morgan fingerprint density at radius 1 is 1.30 bits per heavy atom. The van der Waals surface area contributed by atoms with Gasteiger partial charge in [0.1, 0.15) is 11.6 Å². The van der Waals surface area contributed by atoms with Crippen molar-refractivity contribution in [3.05, 3.63) is 35.9 Å². The predicted octanol–water partition coefficient (Wildman–Crippen LogP) is 3.49. The quantitative estimate of drug-likeness (QED) is 0.853. The Hall–Kier alpha value is -2.06. The first-order chi connectivity index (χ1) is 10.9. The zero-order valence-corrected chi connectivity index (χ0v) is 14.0. The molecule has 0 radical (unpaired) electrons. The van der Waals surface area contributed by atoms with E-state index in [1.54, 1.807) is 0 Å². The molecule has 5 heteroatoms. The number of nitrogens with zero attached hydrogens (tertiary/aromatic N) is 2. The van der Waals surface area contributed by atoms with Crippen LogP contribution in [0.1, 0.15) is 39.2 Å². The minimum atomic E-state index is -0.574. The molecule has 0 spiro atoms. The van der Waals surface area contributed by atoms with E-state index in [2.05, 4.69) is 6.07 Å². The van der Waals surface area contributed by atoms with Crippen LogP contribution in [0.3, 0.4) is 0 Å². The highest BCUT2D eigenvalue weighted by atomic mass is 16.6. The van der Waals surface area contributed by atoms with Crippen molar-refractivity contribution in [1.82, 2.24) is 4.90 Å². The SMILES string of the molecule is CC(C)(C)OC(=O)N1[C@H](COCc2ccccc2)CC[C@@H]1C#N. The lowest BCUT2D eigenvalue weighted by atomic mass is 10.2. The van der Waals surface area contributed by atoms with Gasteiger partial charge in [-0.15, -0.1) is 0 Å². The maximum Gasteiger partial charge on any atom is 0.411 e. The largest absolute Gasteiger partial charge is 0.444 e. The molecule has 1 amide bonds. The third-order valence-corrected chi connectivity index (χ3v) is 3.68. The lowest BCUT2D eigenvalue weighted by molar-refractivity contribution is 0.00425. The van der Waals surface area contributed by atoms with Gasteiger partial charge in [0, 0.05) is 0 Å². The third kappa shape index (κ3) is 4.97. The Morgan fingerprint density at radius 2 is 2.00 bits per heavy atom. The van der Waals surface area contributed by atoms with Crippen molar-refractivity contribution in [2.45, 2.75) is 57.9 Å². The van der Waals surface area contributed by atoms with E-state index >= 15 is 0 Å². The number of benzene rings is 1. The zero-order valence-electron chi connectivity index (χ0n) is 14.0. The van der Waals surface area contributed by atoms with Crippen molar-refractivity contribution in [2.75, 3.05) is 6.61 Å². The minimum absolute atomic E-state index is 0.113. The third-order valence-electron chi connectivity index (χ3n) is 3.68.